The average molecular weight is 409 g/mol. The Hall–Kier alpha value is -4.01. The first-order valence-corrected chi connectivity index (χ1v) is 9.18. The van der Waals surface area contributed by atoms with Crippen molar-refractivity contribution in [3.63, 3.8) is 0 Å². The molecule has 9 nitrogen and oxygen atoms in total. The van der Waals surface area contributed by atoms with E-state index in [4.69, 9.17) is 9.47 Å². The van der Waals surface area contributed by atoms with E-state index in [9.17, 15) is 9.59 Å². The van der Waals surface area contributed by atoms with E-state index >= 15 is 0 Å². The van der Waals surface area contributed by atoms with Gasteiger partial charge in [-0.15, -0.1) is 0 Å². The molecule has 2 aromatic carbocycles. The topological polar surface area (TPSA) is 107 Å². The van der Waals surface area contributed by atoms with Gasteiger partial charge in [-0.25, -0.2) is 4.68 Å². The number of hydrogen-bond acceptors (Lipinski definition) is 6. The van der Waals surface area contributed by atoms with Crippen LogP contribution in [0.5, 0.6) is 11.5 Å². The van der Waals surface area contributed by atoms with Crippen LogP contribution in [0.1, 0.15) is 16.1 Å². The Balaban J connectivity index is 1.57. The second kappa shape index (κ2) is 9.46. The first-order chi connectivity index (χ1) is 14.5. The lowest BCUT2D eigenvalue weighted by Crippen LogP contribution is -2.44. The zero-order valence-corrected chi connectivity index (χ0v) is 16.9. The number of ether oxygens (including phenoxy) is 2. The Morgan fingerprint density at radius 2 is 1.77 bits per heavy atom. The Morgan fingerprint density at radius 1 is 1.00 bits per heavy atom. The number of nitrogens with zero attached hydrogens (tertiary/aromatic N) is 2. The van der Waals surface area contributed by atoms with Crippen molar-refractivity contribution < 1.29 is 19.1 Å². The Kier molecular flexibility index (Phi) is 6.53. The second-order valence-electron chi connectivity index (χ2n) is 6.38. The summed E-state index contributed by atoms with van der Waals surface area (Å²) in [6.45, 7) is 1.91. The lowest BCUT2D eigenvalue weighted by atomic mass is 10.2. The van der Waals surface area contributed by atoms with Gasteiger partial charge in [0.25, 0.3) is 11.8 Å². The van der Waals surface area contributed by atoms with Gasteiger partial charge in [0, 0.05) is 6.20 Å². The van der Waals surface area contributed by atoms with E-state index in [0.717, 1.165) is 5.56 Å². The van der Waals surface area contributed by atoms with E-state index < -0.39 is 11.8 Å². The fourth-order valence-electron chi connectivity index (χ4n) is 2.76. The van der Waals surface area contributed by atoms with Crippen LogP contribution in [-0.2, 0) is 4.79 Å². The molecular weight excluding hydrogens is 386 g/mol. The minimum Gasteiger partial charge on any atom is -0.495 e. The van der Waals surface area contributed by atoms with Gasteiger partial charge in [0.1, 0.15) is 17.2 Å². The van der Waals surface area contributed by atoms with Gasteiger partial charge in [-0.3, -0.25) is 20.4 Å². The number of hydrogen-bond donors (Lipinski definition) is 3. The van der Waals surface area contributed by atoms with E-state index in [0.29, 0.717) is 22.9 Å². The van der Waals surface area contributed by atoms with Crippen LogP contribution in [0.3, 0.4) is 0 Å². The molecule has 3 rings (SSSR count). The third-order valence-electron chi connectivity index (χ3n) is 4.26. The first-order valence-electron chi connectivity index (χ1n) is 9.18. The summed E-state index contributed by atoms with van der Waals surface area (Å²) in [6, 6.07) is 14.4. The van der Waals surface area contributed by atoms with Gasteiger partial charge >= 0.3 is 0 Å². The normalized spacial score (nSPS) is 10.2. The summed E-state index contributed by atoms with van der Waals surface area (Å²) >= 11 is 0. The molecule has 0 atom stereocenters. The quantitative estimate of drug-likeness (QED) is 0.516. The van der Waals surface area contributed by atoms with Crippen LogP contribution in [-0.4, -0.2) is 42.4 Å². The number of carbonyl (C=O) groups excluding carboxylic acids is 2. The molecule has 1 aromatic heterocycles. The van der Waals surface area contributed by atoms with Crippen molar-refractivity contribution in [2.75, 3.05) is 26.1 Å². The van der Waals surface area contributed by atoms with E-state index in [2.05, 4.69) is 21.3 Å². The number of aromatic nitrogens is 2. The number of methoxy groups -OCH3 is 2. The molecule has 0 saturated carbocycles. The molecule has 0 aliphatic heterocycles. The SMILES string of the molecule is COc1ccccc1NCC(=O)NNC(=O)c1ccn(-c2cc(C)ccc2OC)n1. The van der Waals surface area contributed by atoms with Gasteiger partial charge in [0.2, 0.25) is 0 Å². The van der Waals surface area contributed by atoms with Crippen LogP contribution in [0.25, 0.3) is 5.69 Å². The van der Waals surface area contributed by atoms with Crippen molar-refractivity contribution in [1.82, 2.24) is 20.6 Å². The molecule has 0 aliphatic rings. The Labute approximate surface area is 174 Å². The van der Waals surface area contributed by atoms with Crippen molar-refractivity contribution in [3.8, 4) is 17.2 Å². The molecule has 0 saturated heterocycles. The molecule has 1 heterocycles. The van der Waals surface area contributed by atoms with Crippen LogP contribution in [0, 0.1) is 6.92 Å². The monoisotopic (exact) mass is 409 g/mol. The molecular formula is C21H23N5O4. The minimum atomic E-state index is -0.536. The van der Waals surface area contributed by atoms with Crippen molar-refractivity contribution in [1.29, 1.82) is 0 Å². The highest BCUT2D eigenvalue weighted by molar-refractivity contribution is 5.94. The standard InChI is InChI=1S/C21H23N5O4/c1-14-8-9-19(30-3)17(12-14)26-11-10-16(25-26)21(28)24-23-20(27)13-22-15-6-4-5-7-18(15)29-2/h4-12,22H,13H2,1-3H3,(H,23,27)(H,24,28). The minimum absolute atomic E-state index is 0.0460. The van der Waals surface area contributed by atoms with E-state index in [1.54, 1.807) is 43.3 Å². The molecule has 0 aliphatic carbocycles. The van der Waals surface area contributed by atoms with Crippen molar-refractivity contribution in [2.24, 2.45) is 0 Å². The molecule has 0 unspecified atom stereocenters. The number of benzene rings is 2. The molecule has 30 heavy (non-hydrogen) atoms. The summed E-state index contributed by atoms with van der Waals surface area (Å²) in [5, 5.41) is 7.21. The number of para-hydroxylation sites is 2. The lowest BCUT2D eigenvalue weighted by molar-refractivity contribution is -0.120. The van der Waals surface area contributed by atoms with Crippen molar-refractivity contribution in [3.05, 3.63) is 66.0 Å². The zero-order chi connectivity index (χ0) is 21.5. The second-order valence-corrected chi connectivity index (χ2v) is 6.38. The highest BCUT2D eigenvalue weighted by atomic mass is 16.5. The molecule has 0 radical (unpaired) electrons. The molecule has 9 heteroatoms. The van der Waals surface area contributed by atoms with Gasteiger partial charge in [0.15, 0.2) is 5.69 Å². The maximum absolute atomic E-state index is 12.3. The summed E-state index contributed by atoms with van der Waals surface area (Å²) < 4.78 is 12.1. The highest BCUT2D eigenvalue weighted by Gasteiger charge is 2.13. The van der Waals surface area contributed by atoms with Crippen LogP contribution < -0.4 is 25.6 Å². The number of nitrogens with one attached hydrogen (secondary N) is 3. The fraction of sp³-hybridized carbons (Fsp3) is 0.190. The maximum Gasteiger partial charge on any atom is 0.290 e. The number of amides is 2. The summed E-state index contributed by atoms with van der Waals surface area (Å²) in [5.74, 6) is 0.290. The number of rotatable bonds is 7. The lowest BCUT2D eigenvalue weighted by Gasteiger charge is -2.11. The predicted molar refractivity (Wildman–Crippen MR) is 112 cm³/mol. The smallest absolute Gasteiger partial charge is 0.290 e. The largest absolute Gasteiger partial charge is 0.495 e. The number of aryl methyl sites for hydroxylation is 1. The summed E-state index contributed by atoms with van der Waals surface area (Å²) in [5.41, 5.74) is 7.27. The van der Waals surface area contributed by atoms with E-state index in [1.807, 2.05) is 37.3 Å². The number of hydrazine groups is 1. The first kappa shape index (κ1) is 20.7. The van der Waals surface area contributed by atoms with E-state index in [1.165, 1.54) is 0 Å². The summed E-state index contributed by atoms with van der Waals surface area (Å²) in [4.78, 5) is 24.3. The van der Waals surface area contributed by atoms with Crippen molar-refractivity contribution >= 4 is 17.5 Å². The van der Waals surface area contributed by atoms with E-state index in [-0.39, 0.29) is 12.2 Å². The Morgan fingerprint density at radius 3 is 2.53 bits per heavy atom. The van der Waals surface area contributed by atoms with Crippen LogP contribution >= 0.6 is 0 Å². The molecule has 0 fully saturated rings. The van der Waals surface area contributed by atoms with Crippen molar-refractivity contribution in [2.45, 2.75) is 6.92 Å². The molecule has 2 amide bonds. The zero-order valence-electron chi connectivity index (χ0n) is 16.9. The summed E-state index contributed by atoms with van der Waals surface area (Å²) in [6.07, 6.45) is 1.65. The molecule has 3 N–H and O–H groups in total. The molecule has 156 valence electrons. The Bertz CT molecular complexity index is 1050. The van der Waals surface area contributed by atoms with Gasteiger partial charge < -0.3 is 14.8 Å². The third-order valence-corrected chi connectivity index (χ3v) is 4.26. The average Bonchev–Trinajstić information content (AvgIpc) is 3.26. The molecule has 3 aromatic rings. The highest BCUT2D eigenvalue weighted by Crippen LogP contribution is 2.24. The number of carbonyl (C=O) groups is 2. The predicted octanol–water partition coefficient (Wildman–Crippen LogP) is 2.07. The fourth-order valence-corrected chi connectivity index (χ4v) is 2.76. The molecule has 0 spiro atoms. The third kappa shape index (κ3) is 4.88. The van der Waals surface area contributed by atoms with Gasteiger partial charge in [-0.05, 0) is 42.8 Å². The van der Waals surface area contributed by atoms with Crippen LogP contribution in [0.15, 0.2) is 54.7 Å². The molecule has 0 bridgehead atoms. The van der Waals surface area contributed by atoms with Gasteiger partial charge in [-0.1, -0.05) is 18.2 Å². The number of anilines is 1. The van der Waals surface area contributed by atoms with Gasteiger partial charge in [0.05, 0.1) is 26.5 Å². The van der Waals surface area contributed by atoms with Crippen LogP contribution in [0.2, 0.25) is 0 Å². The maximum atomic E-state index is 12.3. The summed E-state index contributed by atoms with van der Waals surface area (Å²) in [7, 11) is 3.12. The van der Waals surface area contributed by atoms with Gasteiger partial charge in [-0.2, -0.15) is 5.10 Å². The van der Waals surface area contributed by atoms with Crippen LogP contribution in [0.4, 0.5) is 5.69 Å².